The number of unbranched alkanes of at least 4 members (excludes halogenated alkanes) is 19. The third-order valence-corrected chi connectivity index (χ3v) is 8.91. The molecule has 0 saturated carbocycles. The van der Waals surface area contributed by atoms with E-state index in [0.717, 1.165) is 38.0 Å². The minimum atomic E-state index is -1.03. The van der Waals surface area contributed by atoms with Crippen LogP contribution in [-0.4, -0.2) is 47.6 Å². The van der Waals surface area contributed by atoms with E-state index in [9.17, 15) is 19.8 Å². The van der Waals surface area contributed by atoms with Gasteiger partial charge < -0.3 is 19.7 Å². The number of hydrogen-bond acceptors (Lipinski definition) is 6. The second kappa shape index (κ2) is 37.3. The summed E-state index contributed by atoms with van der Waals surface area (Å²) in [6.45, 7) is 6.49. The zero-order valence-electron chi connectivity index (χ0n) is 32.2. The SMILES string of the molecule is CCCCCCCC/C=C/C/C=C/C=C/C(O)CCCC(=O)OC[C@@H](O)COC(=O)CCCCCCCCCCCCCCCCC(C)C. The van der Waals surface area contributed by atoms with Gasteiger partial charge in [0.1, 0.15) is 19.3 Å². The van der Waals surface area contributed by atoms with Crippen molar-refractivity contribution >= 4 is 11.9 Å². The monoisotopic (exact) mass is 691 g/mol. The van der Waals surface area contributed by atoms with Crippen molar-refractivity contribution in [1.82, 2.24) is 0 Å². The van der Waals surface area contributed by atoms with Crippen molar-refractivity contribution in [2.75, 3.05) is 13.2 Å². The molecule has 0 radical (unpaired) electrons. The van der Waals surface area contributed by atoms with E-state index in [1.165, 1.54) is 116 Å². The molecule has 0 aromatic carbocycles. The maximum atomic E-state index is 12.0. The van der Waals surface area contributed by atoms with E-state index in [0.29, 0.717) is 19.3 Å². The van der Waals surface area contributed by atoms with Crippen molar-refractivity contribution in [3.05, 3.63) is 36.5 Å². The fourth-order valence-electron chi connectivity index (χ4n) is 5.75. The summed E-state index contributed by atoms with van der Waals surface area (Å²) in [5, 5.41) is 20.1. The molecule has 0 saturated heterocycles. The first-order valence-electron chi connectivity index (χ1n) is 20.5. The molecule has 6 heteroatoms. The zero-order chi connectivity index (χ0) is 36.0. The summed E-state index contributed by atoms with van der Waals surface area (Å²) in [6, 6.07) is 0. The van der Waals surface area contributed by atoms with Crippen LogP contribution in [0.1, 0.15) is 194 Å². The molecule has 0 spiro atoms. The Morgan fingerprint density at radius 1 is 0.551 bits per heavy atom. The second-order valence-corrected chi connectivity index (χ2v) is 14.4. The largest absolute Gasteiger partial charge is 0.463 e. The molecule has 0 aromatic rings. The smallest absolute Gasteiger partial charge is 0.305 e. The highest BCUT2D eigenvalue weighted by atomic mass is 16.6. The Balaban J connectivity index is 3.59. The topological polar surface area (TPSA) is 93.1 Å². The van der Waals surface area contributed by atoms with Gasteiger partial charge in [-0.3, -0.25) is 9.59 Å². The molecule has 6 nitrogen and oxygen atoms in total. The van der Waals surface area contributed by atoms with Crippen molar-refractivity contribution in [3.8, 4) is 0 Å². The van der Waals surface area contributed by atoms with Crippen molar-refractivity contribution in [3.63, 3.8) is 0 Å². The van der Waals surface area contributed by atoms with Gasteiger partial charge in [-0.15, -0.1) is 0 Å². The summed E-state index contributed by atoms with van der Waals surface area (Å²) in [6.07, 6.45) is 40.9. The Hall–Kier alpha value is -1.92. The van der Waals surface area contributed by atoms with Crippen LogP contribution >= 0.6 is 0 Å². The highest BCUT2D eigenvalue weighted by molar-refractivity contribution is 5.69. The molecule has 1 unspecified atom stereocenters. The predicted molar refractivity (Wildman–Crippen MR) is 207 cm³/mol. The average Bonchev–Trinajstić information content (AvgIpc) is 3.08. The summed E-state index contributed by atoms with van der Waals surface area (Å²) < 4.78 is 10.2. The van der Waals surface area contributed by atoms with Crippen molar-refractivity contribution < 1.29 is 29.3 Å². The normalized spacial score (nSPS) is 13.3. The number of ether oxygens (including phenoxy) is 2. The highest BCUT2D eigenvalue weighted by Crippen LogP contribution is 2.15. The van der Waals surface area contributed by atoms with Gasteiger partial charge in [-0.05, 0) is 44.4 Å². The lowest BCUT2D eigenvalue weighted by Crippen LogP contribution is -2.25. The maximum Gasteiger partial charge on any atom is 0.305 e. The molecule has 2 atom stereocenters. The first kappa shape index (κ1) is 47.1. The molecule has 2 N–H and O–H groups in total. The molecule has 0 aromatic heterocycles. The number of aliphatic hydroxyl groups excluding tert-OH is 2. The molecule has 0 amide bonds. The lowest BCUT2D eigenvalue weighted by molar-refractivity contribution is -0.152. The molecular formula is C43H78O6. The molecule has 0 rings (SSSR count). The number of aliphatic hydroxyl groups is 2. The van der Waals surface area contributed by atoms with Crippen LogP contribution in [0.2, 0.25) is 0 Å². The van der Waals surface area contributed by atoms with E-state index in [1.54, 1.807) is 6.08 Å². The summed E-state index contributed by atoms with van der Waals surface area (Å²) in [5.41, 5.74) is 0. The van der Waals surface area contributed by atoms with Crippen LogP contribution < -0.4 is 0 Å². The molecule has 0 aliphatic rings. The standard InChI is InChI=1S/C43H78O6/c1-4-5-6-7-8-9-10-13-17-20-23-26-29-33-40(44)34-31-36-43(47)49-38-41(45)37-48-42(46)35-30-27-24-21-18-15-12-11-14-16-19-22-25-28-32-39(2)3/h13,17,23,26,29,33,39-41,44-45H,4-12,14-16,18-22,24-25,27-28,30-32,34-38H2,1-3H3/b17-13+,26-23+,33-29+/t40?,41-/m0/s1. The number of allylic oxidation sites excluding steroid dienone is 5. The molecule has 49 heavy (non-hydrogen) atoms. The molecule has 0 aliphatic carbocycles. The minimum Gasteiger partial charge on any atom is -0.463 e. The summed E-state index contributed by atoms with van der Waals surface area (Å²) >= 11 is 0. The Morgan fingerprint density at radius 2 is 1.04 bits per heavy atom. The van der Waals surface area contributed by atoms with E-state index in [4.69, 9.17) is 9.47 Å². The van der Waals surface area contributed by atoms with Gasteiger partial charge in [0.05, 0.1) is 6.10 Å². The van der Waals surface area contributed by atoms with E-state index >= 15 is 0 Å². The maximum absolute atomic E-state index is 12.0. The van der Waals surface area contributed by atoms with Crippen LogP contribution in [0.5, 0.6) is 0 Å². The van der Waals surface area contributed by atoms with Crippen molar-refractivity contribution in [2.24, 2.45) is 5.92 Å². The molecule has 286 valence electrons. The van der Waals surface area contributed by atoms with Gasteiger partial charge in [0.15, 0.2) is 0 Å². The molecular weight excluding hydrogens is 612 g/mol. The van der Waals surface area contributed by atoms with Gasteiger partial charge >= 0.3 is 11.9 Å². The van der Waals surface area contributed by atoms with Crippen LogP contribution in [0.25, 0.3) is 0 Å². The Kier molecular flexibility index (Phi) is 35.9. The minimum absolute atomic E-state index is 0.162. The van der Waals surface area contributed by atoms with E-state index in [1.807, 2.05) is 12.2 Å². The highest BCUT2D eigenvalue weighted by Gasteiger charge is 2.12. The molecule has 0 aliphatic heterocycles. The number of carbonyl (C=O) groups excluding carboxylic acids is 2. The lowest BCUT2D eigenvalue weighted by atomic mass is 10.0. The van der Waals surface area contributed by atoms with Crippen LogP contribution in [0.3, 0.4) is 0 Å². The number of rotatable bonds is 36. The fraction of sp³-hybridized carbons (Fsp3) is 0.814. The lowest BCUT2D eigenvalue weighted by Gasteiger charge is -2.12. The molecule has 0 fully saturated rings. The summed E-state index contributed by atoms with van der Waals surface area (Å²) in [7, 11) is 0. The average molecular weight is 691 g/mol. The van der Waals surface area contributed by atoms with E-state index in [2.05, 4.69) is 39.0 Å². The van der Waals surface area contributed by atoms with Gasteiger partial charge in [-0.2, -0.15) is 0 Å². The van der Waals surface area contributed by atoms with Crippen molar-refractivity contribution in [2.45, 2.75) is 206 Å². The zero-order valence-corrected chi connectivity index (χ0v) is 32.2. The third kappa shape index (κ3) is 38.7. The van der Waals surface area contributed by atoms with Gasteiger partial charge in [0.2, 0.25) is 0 Å². The first-order valence-corrected chi connectivity index (χ1v) is 20.5. The number of hydrogen-bond donors (Lipinski definition) is 2. The van der Waals surface area contributed by atoms with E-state index < -0.39 is 18.2 Å². The fourth-order valence-corrected chi connectivity index (χ4v) is 5.75. The quantitative estimate of drug-likeness (QED) is 0.0294. The molecule has 0 bridgehead atoms. The first-order chi connectivity index (χ1) is 23.8. The Morgan fingerprint density at radius 3 is 1.59 bits per heavy atom. The van der Waals surface area contributed by atoms with Crippen LogP contribution in [-0.2, 0) is 19.1 Å². The third-order valence-electron chi connectivity index (χ3n) is 8.91. The predicted octanol–water partition coefficient (Wildman–Crippen LogP) is 11.7. The number of carbonyl (C=O) groups is 2. The van der Waals surface area contributed by atoms with Crippen LogP contribution in [0, 0.1) is 5.92 Å². The van der Waals surface area contributed by atoms with Gasteiger partial charge in [0, 0.05) is 12.8 Å². The van der Waals surface area contributed by atoms with Gasteiger partial charge in [-0.25, -0.2) is 0 Å². The Labute approximate surface area is 302 Å². The van der Waals surface area contributed by atoms with Crippen LogP contribution in [0.15, 0.2) is 36.5 Å². The molecule has 0 heterocycles. The summed E-state index contributed by atoms with van der Waals surface area (Å²) in [5.74, 6) is 0.0929. The van der Waals surface area contributed by atoms with Crippen LogP contribution in [0.4, 0.5) is 0 Å². The van der Waals surface area contributed by atoms with Gasteiger partial charge in [-0.1, -0.05) is 179 Å². The Bertz CT molecular complexity index is 817. The van der Waals surface area contributed by atoms with Gasteiger partial charge in [0.25, 0.3) is 0 Å². The second-order valence-electron chi connectivity index (χ2n) is 14.4. The summed E-state index contributed by atoms with van der Waals surface area (Å²) in [4.78, 5) is 24.0. The van der Waals surface area contributed by atoms with Crippen molar-refractivity contribution in [1.29, 1.82) is 0 Å². The number of esters is 2. The van der Waals surface area contributed by atoms with E-state index in [-0.39, 0.29) is 25.6 Å².